The summed E-state index contributed by atoms with van der Waals surface area (Å²) in [7, 11) is 0. The molecule has 0 amide bonds. The molecule has 0 aliphatic heterocycles. The van der Waals surface area contributed by atoms with Crippen LogP contribution in [-0.4, -0.2) is 4.98 Å². The standard InChI is InChI=1S/C26H15N3/c27-15-17-1-5-19(6-2-17)21-9-11-25-23(13-21)24-14-22(10-12-26(24)29-25)20-7-3-18(16-28)4-8-20/h1-14,29H. The number of rotatable bonds is 2. The topological polar surface area (TPSA) is 63.4 Å². The number of nitrogens with one attached hydrogen (secondary N) is 1. The number of aromatic amines is 1. The molecule has 0 aliphatic carbocycles. The number of fused-ring (bicyclic) bond motifs is 3. The maximum atomic E-state index is 9.01. The fraction of sp³-hybridized carbons (Fsp3) is 0. The van der Waals surface area contributed by atoms with Crippen LogP contribution in [0.3, 0.4) is 0 Å². The number of aromatic nitrogens is 1. The third kappa shape index (κ3) is 2.92. The molecule has 1 aromatic heterocycles. The van der Waals surface area contributed by atoms with E-state index in [4.69, 9.17) is 10.5 Å². The van der Waals surface area contributed by atoms with Crippen LogP contribution in [0.2, 0.25) is 0 Å². The number of benzene rings is 4. The van der Waals surface area contributed by atoms with Crippen molar-refractivity contribution >= 4 is 21.8 Å². The van der Waals surface area contributed by atoms with Gasteiger partial charge in [0.15, 0.2) is 0 Å². The lowest BCUT2D eigenvalue weighted by Gasteiger charge is -2.04. The van der Waals surface area contributed by atoms with Gasteiger partial charge < -0.3 is 4.98 Å². The van der Waals surface area contributed by atoms with E-state index in [1.165, 1.54) is 0 Å². The van der Waals surface area contributed by atoms with Crippen LogP contribution in [0.4, 0.5) is 0 Å². The van der Waals surface area contributed by atoms with Crippen molar-refractivity contribution in [1.82, 2.24) is 4.98 Å². The van der Waals surface area contributed by atoms with Crippen molar-refractivity contribution in [1.29, 1.82) is 10.5 Å². The fourth-order valence-electron chi connectivity index (χ4n) is 3.73. The summed E-state index contributed by atoms with van der Waals surface area (Å²) < 4.78 is 0. The Balaban J connectivity index is 1.64. The van der Waals surface area contributed by atoms with E-state index >= 15 is 0 Å². The van der Waals surface area contributed by atoms with Crippen LogP contribution in [0.25, 0.3) is 44.1 Å². The Bertz CT molecular complexity index is 1330. The van der Waals surface area contributed by atoms with Gasteiger partial charge in [0.2, 0.25) is 0 Å². The predicted octanol–water partition coefficient (Wildman–Crippen LogP) is 6.40. The van der Waals surface area contributed by atoms with Crippen molar-refractivity contribution in [3.63, 3.8) is 0 Å². The van der Waals surface area contributed by atoms with Gasteiger partial charge in [0.05, 0.1) is 23.3 Å². The summed E-state index contributed by atoms with van der Waals surface area (Å²) in [6.45, 7) is 0. The minimum atomic E-state index is 0.661. The van der Waals surface area contributed by atoms with Crippen LogP contribution in [0, 0.1) is 22.7 Å². The molecule has 5 aromatic rings. The van der Waals surface area contributed by atoms with Crippen molar-refractivity contribution in [2.75, 3.05) is 0 Å². The highest BCUT2D eigenvalue weighted by Gasteiger charge is 2.08. The van der Waals surface area contributed by atoms with Gasteiger partial charge in [0.1, 0.15) is 0 Å². The van der Waals surface area contributed by atoms with Crippen LogP contribution in [0.5, 0.6) is 0 Å². The van der Waals surface area contributed by atoms with Gasteiger partial charge in [-0.2, -0.15) is 10.5 Å². The molecule has 0 spiro atoms. The van der Waals surface area contributed by atoms with Gasteiger partial charge in [-0.3, -0.25) is 0 Å². The summed E-state index contributed by atoms with van der Waals surface area (Å²) in [5, 5.41) is 20.3. The first-order chi connectivity index (χ1) is 14.2. The molecule has 0 aliphatic rings. The number of hydrogen-bond donors (Lipinski definition) is 1. The summed E-state index contributed by atoms with van der Waals surface area (Å²) in [4.78, 5) is 3.49. The van der Waals surface area contributed by atoms with Crippen LogP contribution in [-0.2, 0) is 0 Å². The fourth-order valence-corrected chi connectivity index (χ4v) is 3.73. The Hall–Kier alpha value is -4.34. The molecule has 29 heavy (non-hydrogen) atoms. The average molecular weight is 369 g/mol. The molecule has 3 heteroatoms. The highest BCUT2D eigenvalue weighted by Crippen LogP contribution is 2.33. The smallest absolute Gasteiger partial charge is 0.0991 e. The lowest BCUT2D eigenvalue weighted by atomic mass is 9.99. The van der Waals surface area contributed by atoms with Gasteiger partial charge in [-0.25, -0.2) is 0 Å². The third-order valence-electron chi connectivity index (χ3n) is 5.29. The Morgan fingerprint density at radius 3 is 1.24 bits per heavy atom. The molecular formula is C26H15N3. The summed E-state index contributed by atoms with van der Waals surface area (Å²) >= 11 is 0. The molecule has 0 fully saturated rings. The lowest BCUT2D eigenvalue weighted by Crippen LogP contribution is -1.80. The SMILES string of the molecule is N#Cc1ccc(-c2ccc3[nH]c4ccc(-c5ccc(C#N)cc5)cc4c3c2)cc1. The molecule has 0 unspecified atom stereocenters. The highest BCUT2D eigenvalue weighted by molar-refractivity contribution is 6.09. The van der Waals surface area contributed by atoms with E-state index in [9.17, 15) is 0 Å². The van der Waals surface area contributed by atoms with Crippen molar-refractivity contribution in [2.24, 2.45) is 0 Å². The lowest BCUT2D eigenvalue weighted by molar-refractivity contribution is 1.48. The van der Waals surface area contributed by atoms with Gasteiger partial charge in [0, 0.05) is 21.8 Å². The zero-order valence-corrected chi connectivity index (χ0v) is 15.5. The molecule has 0 radical (unpaired) electrons. The molecular weight excluding hydrogens is 354 g/mol. The van der Waals surface area contributed by atoms with E-state index in [-0.39, 0.29) is 0 Å². The van der Waals surface area contributed by atoms with E-state index < -0.39 is 0 Å². The Kier molecular flexibility index (Phi) is 3.87. The summed E-state index contributed by atoms with van der Waals surface area (Å²) in [5.74, 6) is 0. The maximum Gasteiger partial charge on any atom is 0.0991 e. The second-order valence-corrected chi connectivity index (χ2v) is 7.02. The summed E-state index contributed by atoms with van der Waals surface area (Å²) in [5.41, 5.74) is 7.91. The van der Waals surface area contributed by atoms with Gasteiger partial charge in [-0.05, 0) is 70.8 Å². The zero-order valence-electron chi connectivity index (χ0n) is 15.5. The molecule has 0 atom stereocenters. The van der Waals surface area contributed by atoms with Crippen LogP contribution in [0.1, 0.15) is 11.1 Å². The molecule has 5 rings (SSSR count). The molecule has 3 nitrogen and oxygen atoms in total. The van der Waals surface area contributed by atoms with Crippen LogP contribution < -0.4 is 0 Å². The van der Waals surface area contributed by atoms with Gasteiger partial charge in [-0.1, -0.05) is 36.4 Å². The van der Waals surface area contributed by atoms with Crippen LogP contribution >= 0.6 is 0 Å². The van der Waals surface area contributed by atoms with Crippen LogP contribution in [0.15, 0.2) is 84.9 Å². The van der Waals surface area contributed by atoms with Gasteiger partial charge in [0.25, 0.3) is 0 Å². The van der Waals surface area contributed by atoms with Crippen molar-refractivity contribution < 1.29 is 0 Å². The molecule has 0 saturated carbocycles. The molecule has 1 heterocycles. The number of H-pyrrole nitrogens is 1. The van der Waals surface area contributed by atoms with Crippen molar-refractivity contribution in [3.8, 4) is 34.4 Å². The summed E-state index contributed by atoms with van der Waals surface area (Å²) in [6, 6.07) is 32.4. The average Bonchev–Trinajstić information content (AvgIpc) is 3.16. The number of nitrogens with zero attached hydrogens (tertiary/aromatic N) is 2. The number of nitriles is 2. The maximum absolute atomic E-state index is 9.01. The van der Waals surface area contributed by atoms with Gasteiger partial charge >= 0.3 is 0 Å². The van der Waals surface area contributed by atoms with E-state index in [0.717, 1.165) is 44.1 Å². The normalized spacial score (nSPS) is 10.7. The molecule has 134 valence electrons. The first-order valence-corrected chi connectivity index (χ1v) is 9.32. The first-order valence-electron chi connectivity index (χ1n) is 9.32. The Morgan fingerprint density at radius 1 is 0.483 bits per heavy atom. The minimum absolute atomic E-state index is 0.661. The van der Waals surface area contributed by atoms with Gasteiger partial charge in [-0.15, -0.1) is 0 Å². The highest BCUT2D eigenvalue weighted by atomic mass is 14.7. The third-order valence-corrected chi connectivity index (χ3v) is 5.29. The molecule has 0 saturated heterocycles. The zero-order chi connectivity index (χ0) is 19.8. The van der Waals surface area contributed by atoms with E-state index in [2.05, 4.69) is 53.5 Å². The minimum Gasteiger partial charge on any atom is -0.355 e. The van der Waals surface area contributed by atoms with E-state index in [0.29, 0.717) is 11.1 Å². The molecule has 4 aromatic carbocycles. The monoisotopic (exact) mass is 369 g/mol. The van der Waals surface area contributed by atoms with Crippen molar-refractivity contribution in [3.05, 3.63) is 96.1 Å². The Labute approximate surface area is 168 Å². The van der Waals surface area contributed by atoms with Crippen molar-refractivity contribution in [2.45, 2.75) is 0 Å². The molecule has 0 bridgehead atoms. The second-order valence-electron chi connectivity index (χ2n) is 7.02. The quantitative estimate of drug-likeness (QED) is 0.391. The first kappa shape index (κ1) is 16.8. The van der Waals surface area contributed by atoms with E-state index in [1.807, 2.05) is 48.5 Å². The second kappa shape index (κ2) is 6.68. The summed E-state index contributed by atoms with van der Waals surface area (Å²) in [6.07, 6.45) is 0. The molecule has 1 N–H and O–H groups in total. The van der Waals surface area contributed by atoms with E-state index in [1.54, 1.807) is 0 Å². The number of hydrogen-bond acceptors (Lipinski definition) is 2. The largest absolute Gasteiger partial charge is 0.355 e. The predicted molar refractivity (Wildman–Crippen MR) is 116 cm³/mol. The Morgan fingerprint density at radius 2 is 0.862 bits per heavy atom.